The Balaban J connectivity index is 2.15. The molecule has 0 radical (unpaired) electrons. The van der Waals surface area contributed by atoms with Gasteiger partial charge >= 0.3 is 0 Å². The third-order valence-corrected chi connectivity index (χ3v) is 2.69. The summed E-state index contributed by atoms with van der Waals surface area (Å²) in [6.45, 7) is 5.18. The highest BCUT2D eigenvalue weighted by atomic mass is 19.1. The number of rotatable bonds is 4. The summed E-state index contributed by atoms with van der Waals surface area (Å²) in [5.41, 5.74) is 0. The number of aromatic nitrogens is 2. The second-order valence-corrected chi connectivity index (χ2v) is 4.39. The molecule has 1 aliphatic rings. The largest absolute Gasteiger partial charge is 0.354 e. The maximum atomic E-state index is 13.0. The van der Waals surface area contributed by atoms with Gasteiger partial charge < -0.3 is 4.90 Å². The molecule has 1 aromatic rings. The van der Waals surface area contributed by atoms with E-state index >= 15 is 0 Å². The second kappa shape index (κ2) is 4.13. The third-order valence-electron chi connectivity index (χ3n) is 2.69. The van der Waals surface area contributed by atoms with Gasteiger partial charge in [0.2, 0.25) is 5.95 Å². The predicted molar refractivity (Wildman–Crippen MR) is 57.2 cm³/mol. The van der Waals surface area contributed by atoms with Crippen LogP contribution >= 0.6 is 0 Å². The zero-order valence-corrected chi connectivity index (χ0v) is 9.15. The summed E-state index contributed by atoms with van der Waals surface area (Å²) in [6, 6.07) is 1.75. The van der Waals surface area contributed by atoms with Crippen molar-refractivity contribution >= 4 is 5.82 Å². The van der Waals surface area contributed by atoms with Crippen molar-refractivity contribution in [3.63, 3.8) is 0 Å². The molecule has 1 fully saturated rings. The molecule has 3 nitrogen and oxygen atoms in total. The number of anilines is 1. The van der Waals surface area contributed by atoms with E-state index in [1.54, 1.807) is 0 Å². The first-order valence-corrected chi connectivity index (χ1v) is 5.41. The Morgan fingerprint density at radius 1 is 1.47 bits per heavy atom. The van der Waals surface area contributed by atoms with E-state index in [1.165, 1.54) is 25.2 Å². The van der Waals surface area contributed by atoms with Gasteiger partial charge in [0.25, 0.3) is 0 Å². The lowest BCUT2D eigenvalue weighted by Gasteiger charge is -2.27. The minimum Gasteiger partial charge on any atom is -0.354 e. The van der Waals surface area contributed by atoms with Crippen LogP contribution in [0.2, 0.25) is 0 Å². The van der Waals surface area contributed by atoms with Crippen LogP contribution in [0.4, 0.5) is 10.2 Å². The van der Waals surface area contributed by atoms with Gasteiger partial charge in [-0.3, -0.25) is 0 Å². The van der Waals surface area contributed by atoms with E-state index in [9.17, 15) is 4.39 Å². The fourth-order valence-corrected chi connectivity index (χ4v) is 1.63. The molecular formula is C11H16FN3. The van der Waals surface area contributed by atoms with Gasteiger partial charge in [-0.05, 0) is 32.6 Å². The predicted octanol–water partition coefficient (Wildman–Crippen LogP) is 2.24. The first-order valence-electron chi connectivity index (χ1n) is 5.41. The van der Waals surface area contributed by atoms with E-state index in [1.807, 2.05) is 0 Å². The Labute approximate surface area is 89.3 Å². The maximum absolute atomic E-state index is 13.0. The Hall–Kier alpha value is -1.19. The third kappa shape index (κ3) is 2.64. The molecular weight excluding hydrogens is 193 g/mol. The molecule has 1 saturated carbocycles. The summed E-state index contributed by atoms with van der Waals surface area (Å²) in [7, 11) is 0. The highest BCUT2D eigenvalue weighted by molar-refractivity contribution is 5.38. The molecule has 4 heteroatoms. The van der Waals surface area contributed by atoms with Gasteiger partial charge in [-0.15, -0.1) is 0 Å². The van der Waals surface area contributed by atoms with Crippen molar-refractivity contribution in [1.29, 1.82) is 0 Å². The summed E-state index contributed by atoms with van der Waals surface area (Å²) >= 11 is 0. The first-order chi connectivity index (χ1) is 7.16. The van der Waals surface area contributed by atoms with E-state index in [-0.39, 0.29) is 0 Å². The molecule has 82 valence electrons. The van der Waals surface area contributed by atoms with Gasteiger partial charge in [-0.2, -0.15) is 4.39 Å². The Bertz CT molecular complexity index is 336. The van der Waals surface area contributed by atoms with Crippen molar-refractivity contribution in [3.8, 4) is 0 Å². The number of halogens is 1. The molecule has 1 aliphatic carbocycles. The molecule has 0 saturated heterocycles. The van der Waals surface area contributed by atoms with Crippen LogP contribution < -0.4 is 4.90 Å². The summed E-state index contributed by atoms with van der Waals surface area (Å²) in [6.07, 6.45) is 3.86. The molecule has 2 rings (SSSR count). The van der Waals surface area contributed by atoms with Gasteiger partial charge in [0.15, 0.2) is 0 Å². The van der Waals surface area contributed by atoms with Gasteiger partial charge in [-0.25, -0.2) is 9.97 Å². The van der Waals surface area contributed by atoms with Crippen LogP contribution in [0.3, 0.4) is 0 Å². The van der Waals surface area contributed by atoms with Crippen LogP contribution in [0, 0.1) is 11.9 Å². The van der Waals surface area contributed by atoms with E-state index in [4.69, 9.17) is 0 Å². The Morgan fingerprint density at radius 2 is 2.20 bits per heavy atom. The Morgan fingerprint density at radius 3 is 2.73 bits per heavy atom. The molecule has 0 atom stereocenters. The van der Waals surface area contributed by atoms with Crippen LogP contribution in [0.15, 0.2) is 12.4 Å². The first kappa shape index (κ1) is 10.3. The molecule has 1 heterocycles. The van der Waals surface area contributed by atoms with Gasteiger partial charge in [0, 0.05) is 18.7 Å². The summed E-state index contributed by atoms with van der Waals surface area (Å²) in [5, 5.41) is 0. The molecule has 1 aromatic heterocycles. The lowest BCUT2D eigenvalue weighted by Crippen LogP contribution is -2.33. The summed E-state index contributed by atoms with van der Waals surface area (Å²) in [5.74, 6) is 1.01. The van der Waals surface area contributed by atoms with Crippen LogP contribution in [-0.2, 0) is 0 Å². The fourth-order valence-electron chi connectivity index (χ4n) is 1.63. The van der Waals surface area contributed by atoms with Crippen molar-refractivity contribution in [2.24, 2.45) is 5.92 Å². The van der Waals surface area contributed by atoms with Gasteiger partial charge in [0.05, 0.1) is 0 Å². The average Bonchev–Trinajstić information content (AvgIpc) is 2.97. The highest BCUT2D eigenvalue weighted by Crippen LogP contribution is 2.31. The quantitative estimate of drug-likeness (QED) is 0.712. The van der Waals surface area contributed by atoms with Crippen molar-refractivity contribution in [2.75, 3.05) is 11.4 Å². The van der Waals surface area contributed by atoms with Crippen molar-refractivity contribution in [1.82, 2.24) is 9.97 Å². The molecule has 0 N–H and O–H groups in total. The zero-order chi connectivity index (χ0) is 10.8. The van der Waals surface area contributed by atoms with Crippen molar-refractivity contribution in [2.45, 2.75) is 32.7 Å². The van der Waals surface area contributed by atoms with Gasteiger partial charge in [-0.1, -0.05) is 0 Å². The van der Waals surface area contributed by atoms with E-state index < -0.39 is 5.95 Å². The fraction of sp³-hybridized carbons (Fsp3) is 0.636. The minimum absolute atomic E-state index is 0.347. The minimum atomic E-state index is -0.457. The SMILES string of the molecule is CC(C)N(CC1CC1)c1cc(F)ncn1. The smallest absolute Gasteiger partial charge is 0.218 e. The monoisotopic (exact) mass is 209 g/mol. The number of hydrogen-bond acceptors (Lipinski definition) is 3. The Kier molecular flexibility index (Phi) is 2.84. The number of hydrogen-bond donors (Lipinski definition) is 0. The highest BCUT2D eigenvalue weighted by Gasteiger charge is 2.26. The summed E-state index contributed by atoms with van der Waals surface area (Å²) < 4.78 is 13.0. The molecule has 0 bridgehead atoms. The van der Waals surface area contributed by atoms with Crippen molar-refractivity contribution < 1.29 is 4.39 Å². The lowest BCUT2D eigenvalue weighted by atomic mass is 10.2. The normalized spacial score (nSPS) is 15.7. The number of nitrogens with zero attached hydrogens (tertiary/aromatic N) is 3. The van der Waals surface area contributed by atoms with E-state index in [0.717, 1.165) is 12.5 Å². The molecule has 0 aromatic carbocycles. The van der Waals surface area contributed by atoms with Crippen LogP contribution in [0.5, 0.6) is 0 Å². The van der Waals surface area contributed by atoms with E-state index in [0.29, 0.717) is 11.9 Å². The molecule has 0 aliphatic heterocycles. The van der Waals surface area contributed by atoms with E-state index in [2.05, 4.69) is 28.7 Å². The lowest BCUT2D eigenvalue weighted by molar-refractivity contribution is 0.571. The second-order valence-electron chi connectivity index (χ2n) is 4.39. The zero-order valence-electron chi connectivity index (χ0n) is 9.15. The van der Waals surface area contributed by atoms with Crippen LogP contribution in [0.1, 0.15) is 26.7 Å². The van der Waals surface area contributed by atoms with Gasteiger partial charge in [0.1, 0.15) is 12.1 Å². The molecule has 0 spiro atoms. The van der Waals surface area contributed by atoms with Crippen LogP contribution in [-0.4, -0.2) is 22.6 Å². The van der Waals surface area contributed by atoms with Crippen molar-refractivity contribution in [3.05, 3.63) is 18.3 Å². The molecule has 0 unspecified atom stereocenters. The molecule has 15 heavy (non-hydrogen) atoms. The summed E-state index contributed by atoms with van der Waals surface area (Å²) in [4.78, 5) is 9.73. The topological polar surface area (TPSA) is 29.0 Å². The molecule has 0 amide bonds. The average molecular weight is 209 g/mol. The maximum Gasteiger partial charge on any atom is 0.218 e. The van der Waals surface area contributed by atoms with Crippen LogP contribution in [0.25, 0.3) is 0 Å². The standard InChI is InChI=1S/C11H16FN3/c1-8(2)15(6-9-3-4-9)11-5-10(12)13-7-14-11/h5,7-9H,3-4,6H2,1-2H3.